The number of carbonyl (C=O) groups excluding carboxylic acids is 1. The molecular weight excluding hydrogens is 275 g/mol. The van der Waals surface area contributed by atoms with Crippen molar-refractivity contribution in [3.05, 3.63) is 11.6 Å². The van der Waals surface area contributed by atoms with Crippen molar-refractivity contribution in [1.82, 2.24) is 0 Å². The minimum atomic E-state index is -1.20. The quantitative estimate of drug-likeness (QED) is 0.569. The Kier molecular flexibility index (Phi) is 3.17. The van der Waals surface area contributed by atoms with Crippen LogP contribution in [0.25, 0.3) is 0 Å². The molecule has 0 aromatic rings. The summed E-state index contributed by atoms with van der Waals surface area (Å²) in [6.45, 7) is 6.89. The van der Waals surface area contributed by atoms with Crippen molar-refractivity contribution in [2.75, 3.05) is 0 Å². The van der Waals surface area contributed by atoms with Gasteiger partial charge in [-0.2, -0.15) is 0 Å². The van der Waals surface area contributed by atoms with Crippen LogP contribution in [0, 0.1) is 34.5 Å². The van der Waals surface area contributed by atoms with Gasteiger partial charge in [0.15, 0.2) is 12.0 Å². The predicted octanol–water partition coefficient (Wildman–Crippen LogP) is 5.10. The standard InChI is InChI=1S/C20H29FO/c1-12-6-8-19(2)13(10-12)4-5-14-15(19)7-9-20(3)16(14)11-17(21)18(20)22/h4,12,14-17H,5-11H2,1-3H3/t12-,14-,15+,16+,17-,19+,20+/m1/s1. The predicted molar refractivity (Wildman–Crippen MR) is 86.2 cm³/mol. The van der Waals surface area contributed by atoms with E-state index in [1.807, 2.05) is 0 Å². The molecule has 0 heterocycles. The van der Waals surface area contributed by atoms with Crippen LogP contribution in [0.2, 0.25) is 0 Å². The number of hydrogen-bond acceptors (Lipinski definition) is 1. The zero-order valence-electron chi connectivity index (χ0n) is 14.2. The van der Waals surface area contributed by atoms with E-state index in [0.717, 1.165) is 25.2 Å². The van der Waals surface area contributed by atoms with Gasteiger partial charge in [0, 0.05) is 5.41 Å². The number of Topliss-reactive ketones (excluding diaryl/α,β-unsaturated/α-hetero) is 1. The molecule has 0 aliphatic heterocycles. The molecule has 122 valence electrons. The fourth-order valence-electron chi connectivity index (χ4n) is 6.59. The molecule has 7 atom stereocenters. The first kappa shape index (κ1) is 14.9. The Morgan fingerprint density at radius 2 is 1.86 bits per heavy atom. The van der Waals surface area contributed by atoms with Crippen LogP contribution in [0.5, 0.6) is 0 Å². The summed E-state index contributed by atoms with van der Waals surface area (Å²) in [4.78, 5) is 12.4. The van der Waals surface area contributed by atoms with E-state index in [1.54, 1.807) is 5.57 Å². The molecule has 3 fully saturated rings. The van der Waals surface area contributed by atoms with Gasteiger partial charge in [-0.25, -0.2) is 4.39 Å². The molecule has 0 unspecified atom stereocenters. The van der Waals surface area contributed by atoms with Crippen LogP contribution < -0.4 is 0 Å². The second kappa shape index (κ2) is 4.68. The highest BCUT2D eigenvalue weighted by Gasteiger charge is 2.61. The van der Waals surface area contributed by atoms with Crippen LogP contribution in [0.4, 0.5) is 4.39 Å². The van der Waals surface area contributed by atoms with Gasteiger partial charge < -0.3 is 0 Å². The molecule has 22 heavy (non-hydrogen) atoms. The summed E-state index contributed by atoms with van der Waals surface area (Å²) >= 11 is 0. The molecule has 2 heteroatoms. The summed E-state index contributed by atoms with van der Waals surface area (Å²) < 4.78 is 14.1. The Labute approximate surface area is 133 Å². The van der Waals surface area contributed by atoms with Gasteiger partial charge in [0.2, 0.25) is 0 Å². The first-order chi connectivity index (χ1) is 10.4. The number of ketones is 1. The van der Waals surface area contributed by atoms with Gasteiger partial charge in [0.25, 0.3) is 0 Å². The highest BCUT2D eigenvalue weighted by molar-refractivity contribution is 5.91. The SMILES string of the molecule is C[C@@H]1CC[C@@]2(C)C(=CC[C@@H]3[C@@H]2CC[C@]2(C)C(=O)[C@H](F)C[C@@H]32)C1. The molecule has 0 bridgehead atoms. The lowest BCUT2D eigenvalue weighted by Gasteiger charge is -2.56. The number of allylic oxidation sites excluding steroid dienone is 2. The Morgan fingerprint density at radius 3 is 2.64 bits per heavy atom. The highest BCUT2D eigenvalue weighted by atomic mass is 19.1. The fraction of sp³-hybridized carbons (Fsp3) is 0.850. The minimum absolute atomic E-state index is 0.0897. The zero-order chi connectivity index (χ0) is 15.7. The molecule has 0 amide bonds. The zero-order valence-corrected chi connectivity index (χ0v) is 14.2. The molecule has 0 aromatic heterocycles. The van der Waals surface area contributed by atoms with E-state index in [4.69, 9.17) is 0 Å². The van der Waals surface area contributed by atoms with Crippen LogP contribution in [0.1, 0.15) is 65.7 Å². The first-order valence-corrected chi connectivity index (χ1v) is 9.24. The number of carbonyl (C=O) groups is 1. The molecule has 3 saturated carbocycles. The molecule has 0 N–H and O–H groups in total. The monoisotopic (exact) mass is 304 g/mol. The molecule has 1 nitrogen and oxygen atoms in total. The minimum Gasteiger partial charge on any atom is -0.296 e. The van der Waals surface area contributed by atoms with Crippen molar-refractivity contribution in [1.29, 1.82) is 0 Å². The van der Waals surface area contributed by atoms with Gasteiger partial charge in [0.05, 0.1) is 0 Å². The van der Waals surface area contributed by atoms with Crippen LogP contribution in [-0.4, -0.2) is 12.0 Å². The van der Waals surface area contributed by atoms with Crippen molar-refractivity contribution in [2.24, 2.45) is 34.5 Å². The number of halogens is 1. The lowest BCUT2D eigenvalue weighted by atomic mass is 9.47. The molecule has 4 rings (SSSR count). The lowest BCUT2D eigenvalue weighted by molar-refractivity contribution is -0.134. The summed E-state index contributed by atoms with van der Waals surface area (Å²) in [5.41, 5.74) is 1.63. The maximum absolute atomic E-state index is 14.1. The van der Waals surface area contributed by atoms with Gasteiger partial charge in [-0.05, 0) is 74.0 Å². The van der Waals surface area contributed by atoms with Gasteiger partial charge in [0.1, 0.15) is 0 Å². The van der Waals surface area contributed by atoms with E-state index in [-0.39, 0.29) is 17.1 Å². The Hall–Kier alpha value is -0.660. The summed E-state index contributed by atoms with van der Waals surface area (Å²) in [5, 5.41) is 0. The van der Waals surface area contributed by atoms with E-state index in [2.05, 4.69) is 26.8 Å². The number of rotatable bonds is 0. The van der Waals surface area contributed by atoms with Crippen molar-refractivity contribution in [3.8, 4) is 0 Å². The lowest BCUT2D eigenvalue weighted by Crippen LogP contribution is -2.50. The fourth-order valence-corrected chi connectivity index (χ4v) is 6.59. The normalized spacial score (nSPS) is 54.3. The van der Waals surface area contributed by atoms with Gasteiger partial charge >= 0.3 is 0 Å². The van der Waals surface area contributed by atoms with Crippen LogP contribution in [0.3, 0.4) is 0 Å². The van der Waals surface area contributed by atoms with Crippen LogP contribution in [-0.2, 0) is 4.79 Å². The largest absolute Gasteiger partial charge is 0.296 e. The second-order valence-corrected chi connectivity index (χ2v) is 9.13. The topological polar surface area (TPSA) is 17.1 Å². The maximum Gasteiger partial charge on any atom is 0.173 e. The second-order valence-electron chi connectivity index (χ2n) is 9.13. The third kappa shape index (κ3) is 1.79. The Balaban J connectivity index is 1.70. The molecule has 4 aliphatic rings. The number of alkyl halides is 1. The van der Waals surface area contributed by atoms with Gasteiger partial charge in [-0.1, -0.05) is 32.4 Å². The van der Waals surface area contributed by atoms with Crippen molar-refractivity contribution >= 4 is 5.78 Å². The molecule has 0 saturated heterocycles. The molecule has 4 aliphatic carbocycles. The average Bonchev–Trinajstić information content (AvgIpc) is 2.72. The van der Waals surface area contributed by atoms with Crippen molar-refractivity contribution < 1.29 is 9.18 Å². The number of hydrogen-bond donors (Lipinski definition) is 0. The number of fused-ring (bicyclic) bond motifs is 5. The molecule has 0 radical (unpaired) electrons. The summed E-state index contributed by atoms with van der Waals surface area (Å²) in [5.74, 6) is 2.21. The van der Waals surface area contributed by atoms with E-state index < -0.39 is 6.17 Å². The Bertz CT molecular complexity index is 538. The summed E-state index contributed by atoms with van der Waals surface area (Å²) in [6.07, 6.45) is 8.77. The van der Waals surface area contributed by atoms with E-state index in [0.29, 0.717) is 23.7 Å². The van der Waals surface area contributed by atoms with Gasteiger partial charge in [-0.15, -0.1) is 0 Å². The van der Waals surface area contributed by atoms with Crippen LogP contribution >= 0.6 is 0 Å². The third-order valence-corrected chi connectivity index (χ3v) is 8.05. The first-order valence-electron chi connectivity index (χ1n) is 9.24. The van der Waals surface area contributed by atoms with E-state index in [1.165, 1.54) is 19.3 Å². The van der Waals surface area contributed by atoms with Gasteiger partial charge in [-0.3, -0.25) is 4.79 Å². The van der Waals surface area contributed by atoms with Crippen LogP contribution in [0.15, 0.2) is 11.6 Å². The Morgan fingerprint density at radius 1 is 1.14 bits per heavy atom. The maximum atomic E-state index is 14.1. The molecule has 0 aromatic carbocycles. The summed E-state index contributed by atoms with van der Waals surface area (Å²) in [6, 6.07) is 0. The van der Waals surface area contributed by atoms with Crippen molar-refractivity contribution in [3.63, 3.8) is 0 Å². The van der Waals surface area contributed by atoms with Crippen molar-refractivity contribution in [2.45, 2.75) is 71.9 Å². The van der Waals surface area contributed by atoms with E-state index in [9.17, 15) is 9.18 Å². The molecule has 0 spiro atoms. The molecular formula is C20H29FO. The highest BCUT2D eigenvalue weighted by Crippen LogP contribution is 2.64. The summed E-state index contributed by atoms with van der Waals surface area (Å²) in [7, 11) is 0. The average molecular weight is 304 g/mol. The third-order valence-electron chi connectivity index (χ3n) is 8.05. The van der Waals surface area contributed by atoms with E-state index >= 15 is 0 Å². The smallest absolute Gasteiger partial charge is 0.173 e.